The van der Waals surface area contributed by atoms with E-state index in [1.807, 2.05) is 0 Å². The summed E-state index contributed by atoms with van der Waals surface area (Å²) < 4.78 is 107. The van der Waals surface area contributed by atoms with Crippen molar-refractivity contribution in [2.24, 2.45) is 34.5 Å². The van der Waals surface area contributed by atoms with Gasteiger partial charge in [0.25, 0.3) is 0 Å². The van der Waals surface area contributed by atoms with E-state index in [0.29, 0.717) is 25.7 Å². The van der Waals surface area contributed by atoms with Crippen molar-refractivity contribution in [3.8, 4) is 0 Å². The smallest absolute Gasteiger partial charge is 0.388 e. The highest BCUT2D eigenvalue weighted by Gasteiger charge is 2.64. The molecule has 5 heterocycles. The number of carbonyl (C=O) groups is 1. The minimum atomic E-state index is -4.90. The second kappa shape index (κ2) is 25.9. The van der Waals surface area contributed by atoms with Crippen LogP contribution < -0.4 is 0 Å². The number of aliphatic hydroxyl groups is 12. The standard InChI is InChI=1S/C57H92O28S/c1-22-35(59)40(64)42(66)49(76-22)84-48-41(65)36(60)23(2)79-53(48)81-32-21-75-52(47(39(32)63)83-51-43(67)45(74-10)37(61)24(3)78-51)82-46-38(62)25(4)77-50(44(46)68)80-31-20-27-28-11-12-33(57(9,70)34(58)15-16-54(5,6)69)56(28,8)18-14-29(27)55(7)17-13-26(19-30(31)55)85-86(71,72)73/h14-16,22-28,30-33,35-53,59-70H,11-13,17-21H2,1-10H3,(H,71,72,73)/b16-15+/t22-,23-,24-,25-,26+,27+,28+,30?,31+,32-,33+,35+,36-,37-,38-,39+,40+,41+,42-,43-,44-,45+,46+,47-,48-,49+,50+,51+,52+,53+,55-,56+,57-/m1/s1. The summed E-state index contributed by atoms with van der Waals surface area (Å²) in [4.78, 5) is 13.7. The van der Waals surface area contributed by atoms with Crippen molar-refractivity contribution in [1.82, 2.24) is 0 Å². The van der Waals surface area contributed by atoms with E-state index in [9.17, 15) is 79.0 Å². The first kappa shape index (κ1) is 68.5. The minimum Gasteiger partial charge on any atom is -0.388 e. The largest absolute Gasteiger partial charge is 0.397 e. The number of fused-ring (bicyclic) bond motifs is 5. The van der Waals surface area contributed by atoms with Gasteiger partial charge in [-0.1, -0.05) is 31.6 Å². The zero-order valence-corrected chi connectivity index (χ0v) is 50.9. The number of carbonyl (C=O) groups excluding carboxylic acids is 1. The van der Waals surface area contributed by atoms with Gasteiger partial charge in [0.15, 0.2) is 37.2 Å². The van der Waals surface area contributed by atoms with Gasteiger partial charge in [0, 0.05) is 13.0 Å². The zero-order valence-electron chi connectivity index (χ0n) is 50.1. The van der Waals surface area contributed by atoms with Crippen LogP contribution in [0, 0.1) is 34.5 Å². The van der Waals surface area contributed by atoms with Gasteiger partial charge in [-0.25, -0.2) is 4.18 Å². The Morgan fingerprint density at radius 1 is 0.605 bits per heavy atom. The zero-order chi connectivity index (χ0) is 63.2. The summed E-state index contributed by atoms with van der Waals surface area (Å²) in [7, 11) is -3.66. The van der Waals surface area contributed by atoms with Crippen LogP contribution in [0.5, 0.6) is 0 Å². The molecule has 0 bridgehead atoms. The Hall–Kier alpha value is -1.90. The van der Waals surface area contributed by atoms with Crippen LogP contribution in [0.2, 0.25) is 0 Å². The Bertz CT molecular complexity index is 2520. The van der Waals surface area contributed by atoms with E-state index in [1.165, 1.54) is 67.7 Å². The van der Waals surface area contributed by atoms with Gasteiger partial charge in [0.2, 0.25) is 0 Å². The van der Waals surface area contributed by atoms with E-state index in [1.54, 1.807) is 0 Å². The van der Waals surface area contributed by atoms with Crippen LogP contribution in [0.1, 0.15) is 107 Å². The topological polar surface area (TPSA) is 425 Å². The highest BCUT2D eigenvalue weighted by Crippen LogP contribution is 2.67. The van der Waals surface area contributed by atoms with Gasteiger partial charge in [-0.05, 0) is 128 Å². The lowest BCUT2D eigenvalue weighted by molar-refractivity contribution is -0.398. The molecule has 0 aromatic carbocycles. The number of aliphatic hydroxyl groups excluding tert-OH is 10. The third-order valence-corrected chi connectivity index (χ3v) is 20.9. The molecule has 5 saturated heterocycles. The van der Waals surface area contributed by atoms with Crippen LogP contribution in [0.15, 0.2) is 23.8 Å². The molecule has 28 nitrogen and oxygen atoms in total. The highest BCUT2D eigenvalue weighted by molar-refractivity contribution is 7.80. The monoisotopic (exact) mass is 1260 g/mol. The summed E-state index contributed by atoms with van der Waals surface area (Å²) in [6.45, 7) is 13.8. The number of allylic oxidation sites excluding steroid dienone is 2. The minimum absolute atomic E-state index is 0.0813. The van der Waals surface area contributed by atoms with Crippen LogP contribution in [-0.2, 0) is 71.5 Å². The molecule has 5 aliphatic heterocycles. The van der Waals surface area contributed by atoms with E-state index in [-0.39, 0.29) is 31.1 Å². The fourth-order valence-corrected chi connectivity index (χ4v) is 16.0. The predicted molar refractivity (Wildman–Crippen MR) is 290 cm³/mol. The molecule has 33 atom stereocenters. The Morgan fingerprint density at radius 2 is 1.13 bits per heavy atom. The van der Waals surface area contributed by atoms with Crippen LogP contribution in [0.25, 0.3) is 0 Å². The highest BCUT2D eigenvalue weighted by atomic mass is 32.3. The van der Waals surface area contributed by atoms with Gasteiger partial charge in [-0.2, -0.15) is 8.42 Å². The van der Waals surface area contributed by atoms with Crippen molar-refractivity contribution in [2.45, 2.75) is 278 Å². The van der Waals surface area contributed by atoms with Gasteiger partial charge in [-0.3, -0.25) is 9.35 Å². The molecule has 0 radical (unpaired) electrons. The van der Waals surface area contributed by atoms with E-state index >= 15 is 0 Å². The van der Waals surface area contributed by atoms with Gasteiger partial charge in [0.1, 0.15) is 97.2 Å². The fraction of sp³-hybridized carbons (Fsp3) is 0.912. The summed E-state index contributed by atoms with van der Waals surface area (Å²) in [5, 5.41) is 135. The van der Waals surface area contributed by atoms with Crippen LogP contribution in [0.4, 0.5) is 0 Å². The van der Waals surface area contributed by atoms with Gasteiger partial charge >= 0.3 is 10.4 Å². The molecule has 13 N–H and O–H groups in total. The van der Waals surface area contributed by atoms with Crippen LogP contribution in [-0.4, -0.2) is 265 Å². The number of ketones is 1. The average molecular weight is 1260 g/mol. The van der Waals surface area contributed by atoms with Crippen molar-refractivity contribution < 1.29 is 135 Å². The molecule has 0 aromatic heterocycles. The van der Waals surface area contributed by atoms with Gasteiger partial charge < -0.3 is 113 Å². The van der Waals surface area contributed by atoms with E-state index in [4.69, 9.17) is 56.3 Å². The number of ether oxygens (including phenoxy) is 11. The molecule has 9 rings (SSSR count). The first-order valence-corrected chi connectivity index (χ1v) is 31.3. The van der Waals surface area contributed by atoms with E-state index in [0.717, 1.165) is 5.57 Å². The maximum Gasteiger partial charge on any atom is 0.397 e. The van der Waals surface area contributed by atoms with E-state index in [2.05, 4.69) is 19.9 Å². The molecule has 3 saturated carbocycles. The third-order valence-electron chi connectivity index (χ3n) is 20.4. The molecule has 29 heteroatoms. The summed E-state index contributed by atoms with van der Waals surface area (Å²) in [6.07, 6.45) is -32.4. The second-order valence-electron chi connectivity index (χ2n) is 26.7. The number of hydrogen-bond donors (Lipinski definition) is 13. The Kier molecular flexibility index (Phi) is 20.6. The quantitative estimate of drug-likeness (QED) is 0.0421. The summed E-state index contributed by atoms with van der Waals surface area (Å²) in [6, 6.07) is 0. The predicted octanol–water partition coefficient (Wildman–Crippen LogP) is -2.10. The maximum absolute atomic E-state index is 13.7. The number of methoxy groups -OCH3 is 1. The molecular formula is C57H92O28S. The average Bonchev–Trinajstić information content (AvgIpc) is 1.33. The van der Waals surface area contributed by atoms with Crippen molar-refractivity contribution >= 4 is 16.2 Å². The SMILES string of the molecule is CO[C@@H]1[C@@H](O)[C@H](O[C@H]2[C@H](O[C@@H]3[C@@H](O)[C@H](O[C@H]4C[C@@H]5C(=CC[C@@]6(C)[C@H]5CC[C@@H]6[C@@](C)(O)C(=O)/C=C/C(C)(C)O)[C@@]5(C)CC[C@H](OS(=O)(=O)O)CC45)O[C@H](C)[C@H]3O)OC[C@@H](O[C@@H]3O[C@H](C)[C@@H](O)[C@H](O)[C@H]3O[C@@H]3O[C@H](C)[C@H](O)[C@H](O)[C@H]3O)[C@@H]2O)O[C@H](C)[C@H]1O. The van der Waals surface area contributed by atoms with Crippen molar-refractivity contribution in [3.63, 3.8) is 0 Å². The summed E-state index contributed by atoms with van der Waals surface area (Å²) in [5.74, 6) is -1.91. The molecule has 8 fully saturated rings. The molecule has 0 spiro atoms. The Morgan fingerprint density at radius 3 is 1.73 bits per heavy atom. The molecule has 4 aliphatic carbocycles. The third kappa shape index (κ3) is 13.4. The van der Waals surface area contributed by atoms with Crippen molar-refractivity contribution in [1.29, 1.82) is 0 Å². The Labute approximate surface area is 500 Å². The summed E-state index contributed by atoms with van der Waals surface area (Å²) >= 11 is 0. The van der Waals surface area contributed by atoms with Gasteiger partial charge in [0.05, 0.1) is 48.8 Å². The molecule has 494 valence electrons. The maximum atomic E-state index is 13.7. The first-order chi connectivity index (χ1) is 40.0. The molecule has 86 heavy (non-hydrogen) atoms. The summed E-state index contributed by atoms with van der Waals surface area (Å²) in [5.41, 5.74) is -3.31. The molecule has 1 unspecified atom stereocenters. The van der Waals surface area contributed by atoms with Crippen molar-refractivity contribution in [3.05, 3.63) is 23.8 Å². The second-order valence-corrected chi connectivity index (χ2v) is 27.7. The van der Waals surface area contributed by atoms with Crippen molar-refractivity contribution in [2.75, 3.05) is 13.7 Å². The normalized spacial score (nSPS) is 51.0. The molecular weight excluding hydrogens is 1160 g/mol. The molecule has 0 aromatic rings. The lowest BCUT2D eigenvalue weighted by Crippen LogP contribution is -2.67. The van der Waals surface area contributed by atoms with E-state index < -0.39 is 216 Å². The Balaban J connectivity index is 0.989. The van der Waals surface area contributed by atoms with Crippen LogP contribution in [0.3, 0.4) is 0 Å². The molecule has 0 amide bonds. The lowest BCUT2D eigenvalue weighted by Gasteiger charge is -2.60. The number of rotatable bonds is 17. The number of hydrogen-bond acceptors (Lipinski definition) is 27. The van der Waals surface area contributed by atoms with Gasteiger partial charge in [-0.15, -0.1) is 0 Å². The fourth-order valence-electron chi connectivity index (χ4n) is 15.4. The molecule has 9 aliphatic rings. The lowest BCUT2D eigenvalue weighted by atomic mass is 9.47. The van der Waals surface area contributed by atoms with Crippen LogP contribution >= 0.6 is 0 Å². The first-order valence-electron chi connectivity index (χ1n) is 29.9.